The lowest BCUT2D eigenvalue weighted by atomic mass is 9.52. The summed E-state index contributed by atoms with van der Waals surface area (Å²) in [6.45, 7) is 4.68. The third kappa shape index (κ3) is 1.63. The molecule has 0 spiro atoms. The van der Waals surface area contributed by atoms with Crippen LogP contribution in [0.4, 0.5) is 0 Å². The molecule has 1 fully saturated rings. The molecule has 112 valence electrons. The van der Waals surface area contributed by atoms with Crippen LogP contribution in [0, 0.1) is 16.7 Å². The maximum Gasteiger partial charge on any atom is 0.115 e. The molecule has 2 heteroatoms. The molecule has 4 rings (SSSR count). The number of benzene rings is 1. The number of aromatic hydroxyl groups is 1. The summed E-state index contributed by atoms with van der Waals surface area (Å²) in [5, 5.41) is 20.2. The number of allylic oxidation sites excluding steroid dienone is 2. The van der Waals surface area contributed by atoms with Gasteiger partial charge in [-0.05, 0) is 72.3 Å². The van der Waals surface area contributed by atoms with Crippen LogP contribution in [0.3, 0.4) is 0 Å². The topological polar surface area (TPSA) is 40.5 Å². The Labute approximate surface area is 126 Å². The standard InChI is InChI=1S/C19H24O2/c1-18-9-7-12-11-13(20)3-4-14(12)15(18)8-10-19(2)16(18)5-6-17(19)21/h3-4,8,11,16-17,20-21H,5-7,9-10H2,1-2H3/t16?,17-,18+,19-/m0/s1. The van der Waals surface area contributed by atoms with Crippen LogP contribution in [0.2, 0.25) is 0 Å². The van der Waals surface area contributed by atoms with Gasteiger partial charge in [-0.15, -0.1) is 0 Å². The van der Waals surface area contributed by atoms with Gasteiger partial charge >= 0.3 is 0 Å². The van der Waals surface area contributed by atoms with Crippen LogP contribution in [0.25, 0.3) is 5.57 Å². The van der Waals surface area contributed by atoms with Crippen molar-refractivity contribution in [3.8, 4) is 5.75 Å². The number of hydrogen-bond donors (Lipinski definition) is 2. The van der Waals surface area contributed by atoms with Gasteiger partial charge in [0, 0.05) is 5.41 Å². The number of aliphatic hydroxyl groups is 1. The van der Waals surface area contributed by atoms with Gasteiger partial charge in [0.05, 0.1) is 6.10 Å². The van der Waals surface area contributed by atoms with Gasteiger partial charge in [-0.2, -0.15) is 0 Å². The molecule has 3 aliphatic carbocycles. The van der Waals surface area contributed by atoms with Gasteiger partial charge in [-0.25, -0.2) is 0 Å². The summed E-state index contributed by atoms with van der Waals surface area (Å²) in [7, 11) is 0. The monoisotopic (exact) mass is 284 g/mol. The molecule has 0 radical (unpaired) electrons. The highest BCUT2D eigenvalue weighted by Crippen LogP contribution is 2.64. The second-order valence-electron chi connectivity index (χ2n) is 7.73. The van der Waals surface area contributed by atoms with Crippen molar-refractivity contribution in [1.82, 2.24) is 0 Å². The molecule has 0 heterocycles. The molecule has 3 aliphatic rings. The quantitative estimate of drug-likeness (QED) is 0.758. The van der Waals surface area contributed by atoms with E-state index in [1.165, 1.54) is 16.7 Å². The van der Waals surface area contributed by atoms with Crippen molar-refractivity contribution in [3.63, 3.8) is 0 Å². The summed E-state index contributed by atoms with van der Waals surface area (Å²) in [5.74, 6) is 0.942. The Bertz CT molecular complexity index is 632. The summed E-state index contributed by atoms with van der Waals surface area (Å²) >= 11 is 0. The summed E-state index contributed by atoms with van der Waals surface area (Å²) in [6, 6.07) is 5.82. The highest BCUT2D eigenvalue weighted by Gasteiger charge is 2.57. The van der Waals surface area contributed by atoms with Crippen molar-refractivity contribution in [3.05, 3.63) is 35.4 Å². The number of phenolic OH excluding ortho intramolecular Hbond substituents is 1. The molecular formula is C19H24O2. The molecule has 0 bridgehead atoms. The van der Waals surface area contributed by atoms with Crippen molar-refractivity contribution in [2.75, 3.05) is 0 Å². The van der Waals surface area contributed by atoms with Crippen molar-refractivity contribution in [1.29, 1.82) is 0 Å². The Hall–Kier alpha value is -1.28. The predicted octanol–water partition coefficient (Wildman–Crippen LogP) is 3.91. The minimum absolute atomic E-state index is 0.0483. The SMILES string of the molecule is C[C@]12CC=C3c4ccc(O)cc4CC[C@@]3(C)C1CC[C@@H]2O. The normalized spacial score (nSPS) is 41.0. The zero-order valence-electron chi connectivity index (χ0n) is 12.9. The fraction of sp³-hybridized carbons (Fsp3) is 0.579. The Kier molecular flexibility index (Phi) is 2.63. The van der Waals surface area contributed by atoms with Gasteiger partial charge in [-0.3, -0.25) is 0 Å². The lowest BCUT2D eigenvalue weighted by Gasteiger charge is -2.52. The minimum atomic E-state index is -0.154. The molecule has 1 saturated carbocycles. The maximum absolute atomic E-state index is 10.5. The first-order chi connectivity index (χ1) is 9.95. The van der Waals surface area contributed by atoms with Crippen LogP contribution >= 0.6 is 0 Å². The molecular weight excluding hydrogens is 260 g/mol. The smallest absolute Gasteiger partial charge is 0.115 e. The van der Waals surface area contributed by atoms with E-state index in [1.807, 2.05) is 12.1 Å². The van der Waals surface area contributed by atoms with Gasteiger partial charge in [0.15, 0.2) is 0 Å². The molecule has 0 amide bonds. The molecule has 2 N–H and O–H groups in total. The fourth-order valence-corrected chi connectivity index (χ4v) is 5.45. The van der Waals surface area contributed by atoms with E-state index in [9.17, 15) is 10.2 Å². The lowest BCUT2D eigenvalue weighted by Crippen LogP contribution is -2.45. The Morgan fingerprint density at radius 1 is 1.19 bits per heavy atom. The average molecular weight is 284 g/mol. The second kappa shape index (κ2) is 4.13. The molecule has 4 atom stereocenters. The van der Waals surface area contributed by atoms with Gasteiger partial charge in [0.2, 0.25) is 0 Å². The predicted molar refractivity (Wildman–Crippen MR) is 84.0 cm³/mol. The van der Waals surface area contributed by atoms with Gasteiger partial charge in [0.25, 0.3) is 0 Å². The second-order valence-corrected chi connectivity index (χ2v) is 7.73. The number of aliphatic hydroxyl groups excluding tert-OH is 1. The Balaban J connectivity index is 1.86. The van der Waals surface area contributed by atoms with Crippen molar-refractivity contribution < 1.29 is 10.2 Å². The molecule has 0 aliphatic heterocycles. The summed E-state index contributed by atoms with van der Waals surface area (Å²) < 4.78 is 0. The average Bonchev–Trinajstić information content (AvgIpc) is 2.75. The number of rotatable bonds is 0. The number of aryl methyl sites for hydroxylation is 1. The molecule has 21 heavy (non-hydrogen) atoms. The van der Waals surface area contributed by atoms with Crippen LogP contribution in [-0.4, -0.2) is 16.3 Å². The Morgan fingerprint density at radius 3 is 2.81 bits per heavy atom. The van der Waals surface area contributed by atoms with E-state index in [2.05, 4.69) is 26.0 Å². The first kappa shape index (κ1) is 13.4. The van der Waals surface area contributed by atoms with Crippen molar-refractivity contribution >= 4 is 5.57 Å². The third-order valence-corrected chi connectivity index (χ3v) is 6.71. The van der Waals surface area contributed by atoms with Gasteiger partial charge < -0.3 is 10.2 Å². The molecule has 2 nitrogen and oxygen atoms in total. The van der Waals surface area contributed by atoms with Crippen LogP contribution in [0.15, 0.2) is 24.3 Å². The highest BCUT2D eigenvalue weighted by molar-refractivity contribution is 5.76. The molecule has 0 saturated heterocycles. The zero-order chi connectivity index (χ0) is 14.8. The van der Waals surface area contributed by atoms with Gasteiger partial charge in [-0.1, -0.05) is 26.0 Å². The summed E-state index contributed by atoms with van der Waals surface area (Å²) in [5.41, 5.74) is 4.28. The van der Waals surface area contributed by atoms with Crippen LogP contribution < -0.4 is 0 Å². The van der Waals surface area contributed by atoms with E-state index in [4.69, 9.17) is 0 Å². The maximum atomic E-state index is 10.5. The summed E-state index contributed by atoms with van der Waals surface area (Å²) in [6.07, 6.45) is 7.43. The number of hydrogen-bond acceptors (Lipinski definition) is 2. The minimum Gasteiger partial charge on any atom is -0.508 e. The van der Waals surface area contributed by atoms with E-state index in [1.54, 1.807) is 0 Å². The largest absolute Gasteiger partial charge is 0.508 e. The molecule has 0 aromatic heterocycles. The third-order valence-electron chi connectivity index (χ3n) is 6.71. The highest BCUT2D eigenvalue weighted by atomic mass is 16.3. The van der Waals surface area contributed by atoms with E-state index < -0.39 is 0 Å². The lowest BCUT2D eigenvalue weighted by molar-refractivity contribution is 0.00214. The molecule has 1 aromatic rings. The van der Waals surface area contributed by atoms with Crippen LogP contribution in [0.1, 0.15) is 50.7 Å². The molecule has 1 aromatic carbocycles. The van der Waals surface area contributed by atoms with Gasteiger partial charge in [0.1, 0.15) is 5.75 Å². The Morgan fingerprint density at radius 2 is 2.00 bits per heavy atom. The van der Waals surface area contributed by atoms with Crippen LogP contribution in [-0.2, 0) is 6.42 Å². The van der Waals surface area contributed by atoms with Crippen molar-refractivity contribution in [2.45, 2.75) is 52.1 Å². The summed E-state index contributed by atoms with van der Waals surface area (Å²) in [4.78, 5) is 0. The number of fused-ring (bicyclic) bond motifs is 5. The molecule has 1 unspecified atom stereocenters. The van der Waals surface area contributed by atoms with E-state index in [0.717, 1.165) is 32.1 Å². The number of phenols is 1. The fourth-order valence-electron chi connectivity index (χ4n) is 5.45. The van der Waals surface area contributed by atoms with E-state index >= 15 is 0 Å². The van der Waals surface area contributed by atoms with Crippen LogP contribution in [0.5, 0.6) is 5.75 Å². The van der Waals surface area contributed by atoms with Crippen molar-refractivity contribution in [2.24, 2.45) is 16.7 Å². The first-order valence-corrected chi connectivity index (χ1v) is 8.16. The first-order valence-electron chi connectivity index (χ1n) is 8.16. The van der Waals surface area contributed by atoms with E-state index in [-0.39, 0.29) is 16.9 Å². The zero-order valence-corrected chi connectivity index (χ0v) is 12.9. The van der Waals surface area contributed by atoms with E-state index in [0.29, 0.717) is 11.7 Å².